The number of hydrogen-bond donors (Lipinski definition) is 2. The maximum absolute atomic E-state index is 12.7. The van der Waals surface area contributed by atoms with E-state index in [1.807, 2.05) is 60.7 Å². The number of nitrogen functional groups attached to an aromatic ring is 1. The van der Waals surface area contributed by atoms with E-state index < -0.39 is 5.91 Å². The standard InChI is InChI=1S/C18H14N8O2/c19-16-17(24-28-23-16)26-15(13-9-5-2-6-10-13)14(21-25-26)18(27)22-20-11-12-7-3-1-4-8-12/h1-11H,(H2,19,23)(H,22,27)/b20-11+. The van der Waals surface area contributed by atoms with Gasteiger partial charge in [0.2, 0.25) is 11.6 Å². The summed E-state index contributed by atoms with van der Waals surface area (Å²) in [5.41, 5.74) is 10.2. The first-order valence-corrected chi connectivity index (χ1v) is 8.22. The highest BCUT2D eigenvalue weighted by atomic mass is 16.6. The molecule has 0 atom stereocenters. The van der Waals surface area contributed by atoms with Crippen molar-refractivity contribution in [2.24, 2.45) is 5.10 Å². The Morgan fingerprint density at radius 3 is 2.46 bits per heavy atom. The van der Waals surface area contributed by atoms with Crippen LogP contribution in [0, 0.1) is 0 Å². The summed E-state index contributed by atoms with van der Waals surface area (Å²) in [5.74, 6) is -0.373. The number of rotatable bonds is 5. The van der Waals surface area contributed by atoms with Crippen molar-refractivity contribution in [1.82, 2.24) is 30.7 Å². The van der Waals surface area contributed by atoms with Crippen molar-refractivity contribution in [1.29, 1.82) is 0 Å². The molecule has 0 saturated heterocycles. The van der Waals surface area contributed by atoms with E-state index in [1.54, 1.807) is 0 Å². The molecule has 28 heavy (non-hydrogen) atoms. The van der Waals surface area contributed by atoms with Gasteiger partial charge in [0.15, 0.2) is 5.69 Å². The zero-order valence-corrected chi connectivity index (χ0v) is 14.4. The third-order valence-corrected chi connectivity index (χ3v) is 3.81. The van der Waals surface area contributed by atoms with Gasteiger partial charge in [-0.3, -0.25) is 4.79 Å². The monoisotopic (exact) mass is 374 g/mol. The lowest BCUT2D eigenvalue weighted by atomic mass is 10.1. The fraction of sp³-hybridized carbons (Fsp3) is 0. The molecule has 0 bridgehead atoms. The van der Waals surface area contributed by atoms with Crippen LogP contribution in [-0.2, 0) is 0 Å². The number of hydrogen-bond acceptors (Lipinski definition) is 8. The largest absolute Gasteiger partial charge is 0.378 e. The summed E-state index contributed by atoms with van der Waals surface area (Å²) in [6.07, 6.45) is 1.53. The van der Waals surface area contributed by atoms with Crippen LogP contribution in [0.3, 0.4) is 0 Å². The van der Waals surface area contributed by atoms with Crippen molar-refractivity contribution in [3.8, 4) is 17.1 Å². The Labute approximate surface area is 158 Å². The molecule has 2 aromatic heterocycles. The van der Waals surface area contributed by atoms with E-state index >= 15 is 0 Å². The van der Waals surface area contributed by atoms with Gasteiger partial charge in [-0.05, 0) is 15.9 Å². The van der Waals surface area contributed by atoms with Crippen LogP contribution in [0.2, 0.25) is 0 Å². The second-order valence-corrected chi connectivity index (χ2v) is 5.65. The number of nitrogens with one attached hydrogen (secondary N) is 1. The molecule has 0 aliphatic heterocycles. The highest BCUT2D eigenvalue weighted by Crippen LogP contribution is 2.26. The maximum Gasteiger partial charge on any atom is 0.294 e. The van der Waals surface area contributed by atoms with Crippen LogP contribution in [-0.4, -0.2) is 37.4 Å². The van der Waals surface area contributed by atoms with Crippen LogP contribution in [0.1, 0.15) is 16.1 Å². The van der Waals surface area contributed by atoms with Crippen molar-refractivity contribution in [2.75, 3.05) is 5.73 Å². The van der Waals surface area contributed by atoms with Crippen molar-refractivity contribution < 1.29 is 9.42 Å². The number of carbonyl (C=O) groups excluding carboxylic acids is 1. The molecule has 4 rings (SSSR count). The normalized spacial score (nSPS) is 11.0. The van der Waals surface area contributed by atoms with Gasteiger partial charge in [-0.2, -0.15) is 9.78 Å². The molecule has 0 unspecified atom stereocenters. The van der Waals surface area contributed by atoms with Gasteiger partial charge in [-0.1, -0.05) is 65.9 Å². The summed E-state index contributed by atoms with van der Waals surface area (Å²) < 4.78 is 5.94. The first kappa shape index (κ1) is 17.1. The Morgan fingerprint density at radius 1 is 1.07 bits per heavy atom. The second kappa shape index (κ2) is 7.50. The van der Waals surface area contributed by atoms with Crippen molar-refractivity contribution >= 4 is 17.9 Å². The third kappa shape index (κ3) is 3.33. The minimum atomic E-state index is -0.535. The molecule has 0 aliphatic rings. The van der Waals surface area contributed by atoms with Gasteiger partial charge in [0.05, 0.1) is 6.21 Å². The molecule has 2 aromatic carbocycles. The molecule has 3 N–H and O–H groups in total. The van der Waals surface area contributed by atoms with E-state index in [0.717, 1.165) is 5.56 Å². The van der Waals surface area contributed by atoms with E-state index in [1.165, 1.54) is 10.9 Å². The van der Waals surface area contributed by atoms with Crippen LogP contribution in [0.5, 0.6) is 0 Å². The van der Waals surface area contributed by atoms with Crippen molar-refractivity contribution in [3.05, 3.63) is 71.9 Å². The summed E-state index contributed by atoms with van der Waals surface area (Å²) in [6.45, 7) is 0. The van der Waals surface area contributed by atoms with Crippen LogP contribution in [0.25, 0.3) is 17.1 Å². The quantitative estimate of drug-likeness (QED) is 0.400. The number of nitrogens with zero attached hydrogens (tertiary/aromatic N) is 6. The van der Waals surface area contributed by atoms with Gasteiger partial charge >= 0.3 is 0 Å². The Kier molecular flexibility index (Phi) is 4.58. The molecule has 4 aromatic rings. The zero-order valence-electron chi connectivity index (χ0n) is 14.4. The summed E-state index contributed by atoms with van der Waals surface area (Å²) >= 11 is 0. The molecular formula is C18H14N8O2. The lowest BCUT2D eigenvalue weighted by molar-refractivity contribution is 0.0950. The minimum absolute atomic E-state index is 0.0242. The average Bonchev–Trinajstić information content (AvgIpc) is 3.35. The summed E-state index contributed by atoms with van der Waals surface area (Å²) in [5, 5.41) is 19.2. The summed E-state index contributed by atoms with van der Waals surface area (Å²) in [6, 6.07) is 18.5. The Morgan fingerprint density at radius 2 is 1.79 bits per heavy atom. The smallest absolute Gasteiger partial charge is 0.294 e. The molecule has 2 heterocycles. The Balaban J connectivity index is 1.69. The predicted molar refractivity (Wildman–Crippen MR) is 101 cm³/mol. The Hall–Kier alpha value is -4.34. The zero-order chi connectivity index (χ0) is 19.3. The number of carbonyl (C=O) groups is 1. The third-order valence-electron chi connectivity index (χ3n) is 3.81. The molecule has 0 saturated carbocycles. The molecule has 0 radical (unpaired) electrons. The molecule has 0 aliphatic carbocycles. The summed E-state index contributed by atoms with van der Waals surface area (Å²) in [7, 11) is 0. The van der Waals surface area contributed by atoms with Gasteiger partial charge in [0.25, 0.3) is 5.91 Å². The van der Waals surface area contributed by atoms with E-state index in [9.17, 15) is 4.79 Å². The molecule has 138 valence electrons. The van der Waals surface area contributed by atoms with Gasteiger partial charge < -0.3 is 5.73 Å². The lowest BCUT2D eigenvalue weighted by Crippen LogP contribution is -2.19. The SMILES string of the molecule is Nc1nonc1-n1nnc(C(=O)N/N=C/c2ccccc2)c1-c1ccccc1. The number of anilines is 1. The van der Waals surface area contributed by atoms with Gasteiger partial charge in [-0.15, -0.1) is 5.10 Å². The number of aromatic nitrogens is 5. The topological polar surface area (TPSA) is 137 Å². The van der Waals surface area contributed by atoms with E-state index in [-0.39, 0.29) is 17.3 Å². The molecule has 0 fully saturated rings. The lowest BCUT2D eigenvalue weighted by Gasteiger charge is -2.05. The van der Waals surface area contributed by atoms with E-state index in [4.69, 9.17) is 5.73 Å². The number of amides is 1. The molecular weight excluding hydrogens is 360 g/mol. The fourth-order valence-electron chi connectivity index (χ4n) is 2.53. The van der Waals surface area contributed by atoms with Crippen molar-refractivity contribution in [3.63, 3.8) is 0 Å². The summed E-state index contributed by atoms with van der Waals surface area (Å²) in [4.78, 5) is 12.7. The van der Waals surface area contributed by atoms with Gasteiger partial charge in [0, 0.05) is 5.56 Å². The van der Waals surface area contributed by atoms with Crippen LogP contribution in [0.15, 0.2) is 70.4 Å². The average molecular weight is 374 g/mol. The first-order valence-electron chi connectivity index (χ1n) is 8.22. The number of hydrazone groups is 1. The highest BCUT2D eigenvalue weighted by Gasteiger charge is 2.24. The van der Waals surface area contributed by atoms with Crippen LogP contribution < -0.4 is 11.2 Å². The number of nitrogens with two attached hydrogens (primary N) is 1. The first-order chi connectivity index (χ1) is 13.7. The fourth-order valence-corrected chi connectivity index (χ4v) is 2.53. The second-order valence-electron chi connectivity index (χ2n) is 5.65. The van der Waals surface area contributed by atoms with Crippen LogP contribution in [0.4, 0.5) is 5.82 Å². The minimum Gasteiger partial charge on any atom is -0.378 e. The van der Waals surface area contributed by atoms with Crippen molar-refractivity contribution in [2.45, 2.75) is 0 Å². The molecule has 1 amide bonds. The van der Waals surface area contributed by atoms with Gasteiger partial charge in [0.1, 0.15) is 5.69 Å². The molecule has 0 spiro atoms. The van der Waals surface area contributed by atoms with Gasteiger partial charge in [-0.25, -0.2) is 10.1 Å². The highest BCUT2D eigenvalue weighted by molar-refractivity contribution is 5.98. The van der Waals surface area contributed by atoms with Crippen LogP contribution >= 0.6 is 0 Å². The maximum atomic E-state index is 12.7. The number of benzene rings is 2. The Bertz CT molecular complexity index is 1120. The predicted octanol–water partition coefficient (Wildman–Crippen LogP) is 1.66. The van der Waals surface area contributed by atoms with E-state index in [2.05, 4.69) is 35.8 Å². The molecule has 10 nitrogen and oxygen atoms in total. The molecule has 10 heteroatoms. The van der Waals surface area contributed by atoms with E-state index in [0.29, 0.717) is 11.3 Å².